The SMILES string of the molecule is CN(C)c1ccc(CNc2ccc(-c3nc(-c4ccccc4)no3)cn2)cc1. The summed E-state index contributed by atoms with van der Waals surface area (Å²) in [5.41, 5.74) is 4.08. The molecule has 1 N–H and O–H groups in total. The second kappa shape index (κ2) is 7.92. The first-order valence-corrected chi connectivity index (χ1v) is 9.05. The Kier molecular flexibility index (Phi) is 5.01. The fourth-order valence-electron chi connectivity index (χ4n) is 2.77. The molecule has 0 amide bonds. The van der Waals surface area contributed by atoms with Gasteiger partial charge in [-0.1, -0.05) is 47.6 Å². The van der Waals surface area contributed by atoms with Gasteiger partial charge in [0.15, 0.2) is 0 Å². The third-order valence-corrected chi connectivity index (χ3v) is 4.39. The molecule has 6 nitrogen and oxygen atoms in total. The molecule has 140 valence electrons. The second-order valence-electron chi connectivity index (χ2n) is 6.64. The van der Waals surface area contributed by atoms with Crippen molar-refractivity contribution in [2.75, 3.05) is 24.3 Å². The van der Waals surface area contributed by atoms with Crippen molar-refractivity contribution < 1.29 is 4.52 Å². The molecule has 0 spiro atoms. The van der Waals surface area contributed by atoms with E-state index in [2.05, 4.69) is 49.6 Å². The maximum absolute atomic E-state index is 5.38. The quantitative estimate of drug-likeness (QED) is 0.539. The number of anilines is 2. The Bertz CT molecular complexity index is 1020. The number of hydrogen-bond donors (Lipinski definition) is 1. The Hall–Kier alpha value is -3.67. The zero-order valence-electron chi connectivity index (χ0n) is 15.8. The average Bonchev–Trinajstić information content (AvgIpc) is 3.24. The summed E-state index contributed by atoms with van der Waals surface area (Å²) >= 11 is 0. The molecule has 0 aliphatic rings. The van der Waals surface area contributed by atoms with Crippen LogP contribution in [0.3, 0.4) is 0 Å². The summed E-state index contributed by atoms with van der Waals surface area (Å²) in [4.78, 5) is 11.0. The standard InChI is InChI=1S/C22H21N5O/c1-27(2)19-11-8-16(9-12-19)14-23-20-13-10-18(15-24-20)22-25-21(26-28-22)17-6-4-3-5-7-17/h3-13,15H,14H2,1-2H3,(H,23,24). The molecule has 0 bridgehead atoms. The van der Waals surface area contributed by atoms with Crippen molar-refractivity contribution in [1.82, 2.24) is 15.1 Å². The minimum absolute atomic E-state index is 0.456. The highest BCUT2D eigenvalue weighted by Crippen LogP contribution is 2.22. The van der Waals surface area contributed by atoms with E-state index < -0.39 is 0 Å². The highest BCUT2D eigenvalue weighted by Gasteiger charge is 2.10. The van der Waals surface area contributed by atoms with E-state index in [0.717, 1.165) is 16.9 Å². The Morgan fingerprint density at radius 2 is 1.68 bits per heavy atom. The number of hydrogen-bond acceptors (Lipinski definition) is 6. The Morgan fingerprint density at radius 1 is 0.893 bits per heavy atom. The summed E-state index contributed by atoms with van der Waals surface area (Å²) in [6.45, 7) is 0.707. The van der Waals surface area contributed by atoms with Crippen LogP contribution in [-0.2, 0) is 6.54 Å². The van der Waals surface area contributed by atoms with Crippen LogP contribution >= 0.6 is 0 Å². The lowest BCUT2D eigenvalue weighted by Gasteiger charge is -2.13. The Labute approximate surface area is 163 Å². The molecule has 0 unspecified atom stereocenters. The van der Waals surface area contributed by atoms with E-state index in [4.69, 9.17) is 4.52 Å². The van der Waals surface area contributed by atoms with E-state index in [-0.39, 0.29) is 0 Å². The lowest BCUT2D eigenvalue weighted by Crippen LogP contribution is -2.08. The van der Waals surface area contributed by atoms with Crippen LogP contribution in [-0.4, -0.2) is 29.2 Å². The third-order valence-electron chi connectivity index (χ3n) is 4.39. The molecular formula is C22H21N5O. The van der Waals surface area contributed by atoms with Crippen LogP contribution in [0.15, 0.2) is 77.4 Å². The fraction of sp³-hybridized carbons (Fsp3) is 0.136. The number of rotatable bonds is 6. The Balaban J connectivity index is 1.41. The van der Waals surface area contributed by atoms with Crippen LogP contribution in [0, 0.1) is 0 Å². The van der Waals surface area contributed by atoms with E-state index in [1.807, 2.05) is 56.6 Å². The van der Waals surface area contributed by atoms with Crippen molar-refractivity contribution >= 4 is 11.5 Å². The van der Waals surface area contributed by atoms with Gasteiger partial charge in [0, 0.05) is 38.1 Å². The van der Waals surface area contributed by atoms with Crippen molar-refractivity contribution in [3.05, 3.63) is 78.5 Å². The lowest BCUT2D eigenvalue weighted by molar-refractivity contribution is 0.432. The number of nitrogens with zero attached hydrogens (tertiary/aromatic N) is 4. The molecule has 2 aromatic heterocycles. The molecule has 0 aliphatic heterocycles. The minimum atomic E-state index is 0.456. The lowest BCUT2D eigenvalue weighted by atomic mass is 10.2. The normalized spacial score (nSPS) is 10.6. The summed E-state index contributed by atoms with van der Waals surface area (Å²) in [5, 5.41) is 7.38. The number of aromatic nitrogens is 3. The molecule has 0 fully saturated rings. The molecule has 28 heavy (non-hydrogen) atoms. The first-order chi connectivity index (χ1) is 13.7. The van der Waals surface area contributed by atoms with Crippen molar-refractivity contribution in [3.8, 4) is 22.8 Å². The number of benzene rings is 2. The van der Waals surface area contributed by atoms with Crippen molar-refractivity contribution in [3.63, 3.8) is 0 Å². The van der Waals surface area contributed by atoms with Gasteiger partial charge in [0.25, 0.3) is 5.89 Å². The summed E-state index contributed by atoms with van der Waals surface area (Å²) in [6, 6.07) is 22.0. The van der Waals surface area contributed by atoms with Gasteiger partial charge in [0.2, 0.25) is 5.82 Å². The summed E-state index contributed by atoms with van der Waals surface area (Å²) < 4.78 is 5.38. The highest BCUT2D eigenvalue weighted by molar-refractivity contribution is 5.60. The van der Waals surface area contributed by atoms with E-state index in [1.165, 1.54) is 11.3 Å². The molecule has 2 heterocycles. The Morgan fingerprint density at radius 3 is 2.36 bits per heavy atom. The molecule has 0 radical (unpaired) electrons. The van der Waals surface area contributed by atoms with Crippen molar-refractivity contribution in [2.24, 2.45) is 0 Å². The van der Waals surface area contributed by atoms with Crippen LogP contribution < -0.4 is 10.2 Å². The van der Waals surface area contributed by atoms with Gasteiger partial charge in [-0.3, -0.25) is 0 Å². The van der Waals surface area contributed by atoms with Gasteiger partial charge in [-0.25, -0.2) is 4.98 Å². The average molecular weight is 371 g/mol. The molecule has 6 heteroatoms. The predicted octanol–water partition coefficient (Wildman–Crippen LogP) is 4.48. The molecule has 0 saturated heterocycles. The van der Waals surface area contributed by atoms with Gasteiger partial charge >= 0.3 is 0 Å². The second-order valence-corrected chi connectivity index (χ2v) is 6.64. The van der Waals surface area contributed by atoms with Crippen molar-refractivity contribution in [2.45, 2.75) is 6.54 Å². The predicted molar refractivity (Wildman–Crippen MR) is 111 cm³/mol. The summed E-state index contributed by atoms with van der Waals surface area (Å²) in [5.74, 6) is 1.82. The van der Waals surface area contributed by atoms with E-state index >= 15 is 0 Å². The van der Waals surface area contributed by atoms with Crippen LogP contribution in [0.2, 0.25) is 0 Å². The van der Waals surface area contributed by atoms with Gasteiger partial charge in [-0.05, 0) is 29.8 Å². The topological polar surface area (TPSA) is 67.1 Å². The maximum atomic E-state index is 5.38. The smallest absolute Gasteiger partial charge is 0.259 e. The van der Waals surface area contributed by atoms with Gasteiger partial charge in [0.1, 0.15) is 5.82 Å². The fourth-order valence-corrected chi connectivity index (χ4v) is 2.77. The number of nitrogens with one attached hydrogen (secondary N) is 1. The van der Waals surface area contributed by atoms with Gasteiger partial charge in [0.05, 0.1) is 5.56 Å². The van der Waals surface area contributed by atoms with E-state index in [0.29, 0.717) is 18.3 Å². The number of pyridine rings is 1. The van der Waals surface area contributed by atoms with Gasteiger partial charge in [-0.15, -0.1) is 0 Å². The maximum Gasteiger partial charge on any atom is 0.259 e. The molecule has 4 aromatic rings. The third kappa shape index (κ3) is 4.01. The minimum Gasteiger partial charge on any atom is -0.378 e. The zero-order valence-corrected chi connectivity index (χ0v) is 15.8. The molecular weight excluding hydrogens is 350 g/mol. The first-order valence-electron chi connectivity index (χ1n) is 9.05. The monoisotopic (exact) mass is 371 g/mol. The first kappa shape index (κ1) is 17.7. The largest absolute Gasteiger partial charge is 0.378 e. The summed E-state index contributed by atoms with van der Waals surface area (Å²) in [6.07, 6.45) is 1.74. The van der Waals surface area contributed by atoms with Crippen LogP contribution in [0.25, 0.3) is 22.8 Å². The van der Waals surface area contributed by atoms with E-state index in [1.54, 1.807) is 6.20 Å². The van der Waals surface area contributed by atoms with Gasteiger partial charge < -0.3 is 14.7 Å². The van der Waals surface area contributed by atoms with E-state index in [9.17, 15) is 0 Å². The molecule has 0 atom stereocenters. The molecule has 0 aliphatic carbocycles. The van der Waals surface area contributed by atoms with Crippen LogP contribution in [0.5, 0.6) is 0 Å². The summed E-state index contributed by atoms with van der Waals surface area (Å²) in [7, 11) is 4.07. The van der Waals surface area contributed by atoms with Crippen molar-refractivity contribution in [1.29, 1.82) is 0 Å². The molecule has 2 aromatic carbocycles. The zero-order chi connectivity index (χ0) is 19.3. The molecule has 4 rings (SSSR count). The van der Waals surface area contributed by atoms with Crippen LogP contribution in [0.4, 0.5) is 11.5 Å². The van der Waals surface area contributed by atoms with Gasteiger partial charge in [-0.2, -0.15) is 4.98 Å². The highest BCUT2D eigenvalue weighted by atomic mass is 16.5. The van der Waals surface area contributed by atoms with Crippen LogP contribution in [0.1, 0.15) is 5.56 Å². The molecule has 0 saturated carbocycles.